The molecular weight excluding hydrogens is 284 g/mol. The van der Waals surface area contributed by atoms with E-state index in [-0.39, 0.29) is 12.6 Å². The van der Waals surface area contributed by atoms with Crippen LogP contribution in [-0.2, 0) is 6.54 Å². The van der Waals surface area contributed by atoms with E-state index in [1.165, 1.54) is 0 Å². The highest BCUT2D eigenvalue weighted by atomic mass is 19.1. The van der Waals surface area contributed by atoms with Gasteiger partial charge in [-0.25, -0.2) is 13.5 Å². The van der Waals surface area contributed by atoms with Crippen molar-refractivity contribution in [1.29, 1.82) is 0 Å². The minimum atomic E-state index is -1.13. The van der Waals surface area contributed by atoms with Gasteiger partial charge in [0.1, 0.15) is 22.9 Å². The third-order valence-electron chi connectivity index (χ3n) is 3.12. The molecule has 0 radical (unpaired) electrons. The summed E-state index contributed by atoms with van der Waals surface area (Å²) in [5.74, 6) is -3.28. The molecule has 0 unspecified atom stereocenters. The van der Waals surface area contributed by atoms with Gasteiger partial charge in [-0.2, -0.15) is 0 Å². The number of rotatable bonds is 4. The Balaban J connectivity index is 1.73. The number of aromatic hydroxyl groups is 1. The summed E-state index contributed by atoms with van der Waals surface area (Å²) in [6.07, 6.45) is 1.94. The summed E-state index contributed by atoms with van der Waals surface area (Å²) in [6.45, 7) is -0.0153. The van der Waals surface area contributed by atoms with Crippen LogP contribution in [0.4, 0.5) is 8.78 Å². The predicted octanol–water partition coefficient (Wildman–Crippen LogP) is 0.922. The number of carbonyl (C=O) groups excluding carboxylic acids is 1. The van der Waals surface area contributed by atoms with Gasteiger partial charge in [0.15, 0.2) is 5.82 Å². The highest BCUT2D eigenvalue weighted by molar-refractivity contribution is 5.97. The minimum absolute atomic E-state index is 0.0153. The SMILES string of the molecule is O=C(NCc1nnnn1C1CC1)c1c(O)cc(F)cc1F. The van der Waals surface area contributed by atoms with E-state index in [1.807, 2.05) is 0 Å². The van der Waals surface area contributed by atoms with Gasteiger partial charge in [0, 0.05) is 12.1 Å². The van der Waals surface area contributed by atoms with Crippen LogP contribution in [-0.4, -0.2) is 31.2 Å². The first-order valence-electron chi connectivity index (χ1n) is 6.29. The van der Waals surface area contributed by atoms with Crippen molar-refractivity contribution in [1.82, 2.24) is 25.5 Å². The summed E-state index contributed by atoms with van der Waals surface area (Å²) >= 11 is 0. The Morgan fingerprint density at radius 3 is 2.86 bits per heavy atom. The number of carbonyl (C=O) groups is 1. The molecule has 3 rings (SSSR count). The van der Waals surface area contributed by atoms with Gasteiger partial charge in [0.2, 0.25) is 0 Å². The molecule has 1 aliphatic rings. The number of phenolic OH excluding ortho intramolecular Hbond substituents is 1. The van der Waals surface area contributed by atoms with Crippen LogP contribution in [0.5, 0.6) is 5.75 Å². The number of benzene rings is 1. The molecule has 2 N–H and O–H groups in total. The Kier molecular flexibility index (Phi) is 3.24. The van der Waals surface area contributed by atoms with Crippen molar-refractivity contribution in [2.24, 2.45) is 0 Å². The van der Waals surface area contributed by atoms with E-state index in [1.54, 1.807) is 4.68 Å². The van der Waals surface area contributed by atoms with Crippen molar-refractivity contribution >= 4 is 5.91 Å². The number of aromatic nitrogens is 4. The lowest BCUT2D eigenvalue weighted by molar-refractivity contribution is 0.0942. The van der Waals surface area contributed by atoms with Crippen molar-refractivity contribution in [3.63, 3.8) is 0 Å². The van der Waals surface area contributed by atoms with Gasteiger partial charge in [0.25, 0.3) is 5.91 Å². The fraction of sp³-hybridized carbons (Fsp3) is 0.333. The van der Waals surface area contributed by atoms with E-state index < -0.39 is 28.9 Å². The van der Waals surface area contributed by atoms with Gasteiger partial charge >= 0.3 is 0 Å². The average Bonchev–Trinajstić information content (AvgIpc) is 3.14. The number of halogens is 2. The number of nitrogens with one attached hydrogen (secondary N) is 1. The van der Waals surface area contributed by atoms with Crippen molar-refractivity contribution in [3.05, 3.63) is 35.2 Å². The van der Waals surface area contributed by atoms with E-state index in [0.29, 0.717) is 18.0 Å². The molecule has 0 aliphatic heterocycles. The van der Waals surface area contributed by atoms with E-state index >= 15 is 0 Å². The fourth-order valence-corrected chi connectivity index (χ4v) is 1.96. The molecule has 1 heterocycles. The van der Waals surface area contributed by atoms with E-state index in [0.717, 1.165) is 12.8 Å². The Morgan fingerprint density at radius 2 is 2.19 bits per heavy atom. The second-order valence-electron chi connectivity index (χ2n) is 4.74. The smallest absolute Gasteiger partial charge is 0.258 e. The number of tetrazole rings is 1. The summed E-state index contributed by atoms with van der Waals surface area (Å²) < 4.78 is 28.0. The van der Waals surface area contributed by atoms with Crippen molar-refractivity contribution in [2.75, 3.05) is 0 Å². The molecule has 1 aliphatic carbocycles. The molecule has 1 amide bonds. The van der Waals surface area contributed by atoms with Crippen molar-refractivity contribution < 1.29 is 18.7 Å². The highest BCUT2D eigenvalue weighted by Crippen LogP contribution is 2.34. The maximum Gasteiger partial charge on any atom is 0.258 e. The molecule has 1 saturated carbocycles. The predicted molar refractivity (Wildman–Crippen MR) is 65.3 cm³/mol. The average molecular weight is 295 g/mol. The van der Waals surface area contributed by atoms with Crippen LogP contribution >= 0.6 is 0 Å². The molecule has 1 aromatic carbocycles. The molecule has 21 heavy (non-hydrogen) atoms. The summed E-state index contributed by atoms with van der Waals surface area (Å²) in [4.78, 5) is 11.9. The Bertz CT molecular complexity index is 676. The maximum absolute atomic E-state index is 13.5. The van der Waals surface area contributed by atoms with Gasteiger partial charge < -0.3 is 10.4 Å². The molecule has 9 heteroatoms. The molecule has 0 bridgehead atoms. The lowest BCUT2D eigenvalue weighted by Gasteiger charge is -2.08. The first-order chi connectivity index (χ1) is 10.1. The molecule has 0 atom stereocenters. The third-order valence-corrected chi connectivity index (χ3v) is 3.12. The van der Waals surface area contributed by atoms with Crippen LogP contribution in [0.25, 0.3) is 0 Å². The van der Waals surface area contributed by atoms with Crippen LogP contribution in [0.2, 0.25) is 0 Å². The Morgan fingerprint density at radius 1 is 1.43 bits per heavy atom. The van der Waals surface area contributed by atoms with Crippen LogP contribution in [0.3, 0.4) is 0 Å². The number of hydrogen-bond acceptors (Lipinski definition) is 5. The molecule has 7 nitrogen and oxygen atoms in total. The minimum Gasteiger partial charge on any atom is -0.507 e. The maximum atomic E-state index is 13.5. The Labute approximate surface area is 117 Å². The molecule has 110 valence electrons. The van der Waals surface area contributed by atoms with E-state index in [2.05, 4.69) is 20.8 Å². The number of phenols is 1. The van der Waals surface area contributed by atoms with Crippen LogP contribution in [0.15, 0.2) is 12.1 Å². The fourth-order valence-electron chi connectivity index (χ4n) is 1.96. The Hall–Kier alpha value is -2.58. The lowest BCUT2D eigenvalue weighted by atomic mass is 10.1. The second-order valence-corrected chi connectivity index (χ2v) is 4.74. The summed E-state index contributed by atoms with van der Waals surface area (Å²) in [5.41, 5.74) is -0.609. The second kappa shape index (κ2) is 5.08. The van der Waals surface area contributed by atoms with Gasteiger partial charge in [-0.3, -0.25) is 4.79 Å². The highest BCUT2D eigenvalue weighted by Gasteiger charge is 2.28. The first kappa shape index (κ1) is 13.4. The van der Waals surface area contributed by atoms with Crippen molar-refractivity contribution in [3.8, 4) is 5.75 Å². The van der Waals surface area contributed by atoms with Gasteiger partial charge in [0.05, 0.1) is 12.6 Å². The normalized spacial score (nSPS) is 14.2. The molecule has 0 saturated heterocycles. The standard InChI is InChI=1S/C12H11F2N5O2/c13-6-3-8(14)11(9(20)4-6)12(21)15-5-10-16-17-18-19(10)7-1-2-7/h3-4,7,20H,1-2,5H2,(H,15,21). The number of hydrogen-bond donors (Lipinski definition) is 2. The van der Waals surface area contributed by atoms with Crippen molar-refractivity contribution in [2.45, 2.75) is 25.4 Å². The molecular formula is C12H11F2N5O2. The zero-order valence-electron chi connectivity index (χ0n) is 10.8. The van der Waals surface area contributed by atoms with E-state index in [9.17, 15) is 18.7 Å². The van der Waals surface area contributed by atoms with Crippen LogP contribution in [0, 0.1) is 11.6 Å². The summed E-state index contributed by atoms with van der Waals surface area (Å²) in [7, 11) is 0. The molecule has 1 fully saturated rings. The monoisotopic (exact) mass is 295 g/mol. The molecule has 1 aromatic heterocycles. The zero-order valence-corrected chi connectivity index (χ0v) is 10.8. The van der Waals surface area contributed by atoms with E-state index in [4.69, 9.17) is 0 Å². The topological polar surface area (TPSA) is 92.9 Å². The quantitative estimate of drug-likeness (QED) is 0.875. The van der Waals surface area contributed by atoms with Crippen LogP contribution < -0.4 is 5.32 Å². The first-order valence-corrected chi connectivity index (χ1v) is 6.29. The third kappa shape index (κ3) is 2.67. The summed E-state index contributed by atoms with van der Waals surface area (Å²) in [5, 5.41) is 23.0. The van der Waals surface area contributed by atoms with Gasteiger partial charge in [-0.1, -0.05) is 0 Å². The lowest BCUT2D eigenvalue weighted by Crippen LogP contribution is -2.26. The number of nitrogens with zero attached hydrogens (tertiary/aromatic N) is 4. The largest absolute Gasteiger partial charge is 0.507 e. The van der Waals surface area contributed by atoms with Gasteiger partial charge in [-0.15, -0.1) is 5.10 Å². The molecule has 0 spiro atoms. The zero-order chi connectivity index (χ0) is 15.0. The number of amides is 1. The summed E-state index contributed by atoms with van der Waals surface area (Å²) in [6, 6.07) is 1.44. The molecule has 2 aromatic rings. The van der Waals surface area contributed by atoms with Gasteiger partial charge in [-0.05, 0) is 23.3 Å². The van der Waals surface area contributed by atoms with Crippen LogP contribution in [0.1, 0.15) is 35.1 Å².